The molecule has 1 aromatic rings. The molecule has 3 rings (SSSR count). The van der Waals surface area contributed by atoms with Crippen LogP contribution in [0.2, 0.25) is 0 Å². The van der Waals surface area contributed by atoms with Crippen LogP contribution in [0.5, 0.6) is 0 Å². The van der Waals surface area contributed by atoms with E-state index in [1.165, 1.54) is 16.7 Å². The summed E-state index contributed by atoms with van der Waals surface area (Å²) in [5, 5.41) is 19.2. The van der Waals surface area contributed by atoms with Gasteiger partial charge in [0.25, 0.3) is 0 Å². The Labute approximate surface area is 146 Å². The fraction of sp³-hybridized carbons (Fsp3) is 0.500. The molecule has 1 amide bonds. The molecule has 0 fully saturated rings. The summed E-state index contributed by atoms with van der Waals surface area (Å²) in [5.41, 5.74) is 5.35. The fourth-order valence-corrected chi connectivity index (χ4v) is 3.03. The number of rotatable bonds is 3. The van der Waals surface area contributed by atoms with Gasteiger partial charge in [-0.05, 0) is 55.1 Å². The number of hydrogen-bond donors (Lipinski definition) is 3. The molecule has 2 aliphatic heterocycles. The van der Waals surface area contributed by atoms with Crippen molar-refractivity contribution in [2.75, 3.05) is 25.0 Å². The topological polar surface area (TPSA) is 107 Å². The Balaban J connectivity index is 0.000000242. The summed E-state index contributed by atoms with van der Waals surface area (Å²) in [5.74, 6) is -1.91. The van der Waals surface area contributed by atoms with E-state index in [0.29, 0.717) is 6.42 Å². The predicted molar refractivity (Wildman–Crippen MR) is 93.0 cm³/mol. The van der Waals surface area contributed by atoms with Gasteiger partial charge in [-0.2, -0.15) is 0 Å². The molecule has 136 valence electrons. The van der Waals surface area contributed by atoms with E-state index in [-0.39, 0.29) is 18.7 Å². The van der Waals surface area contributed by atoms with E-state index in [0.717, 1.165) is 38.0 Å². The van der Waals surface area contributed by atoms with Gasteiger partial charge in [0.1, 0.15) is 0 Å². The van der Waals surface area contributed by atoms with Crippen LogP contribution in [-0.2, 0) is 33.6 Å². The highest BCUT2D eigenvalue weighted by Gasteiger charge is 2.22. The number of carbonyl (C=O) groups excluding carboxylic acids is 1. The maximum absolute atomic E-state index is 11.7. The van der Waals surface area contributed by atoms with Crippen LogP contribution in [0.1, 0.15) is 36.0 Å². The summed E-state index contributed by atoms with van der Waals surface area (Å²) in [4.78, 5) is 32.8. The Morgan fingerprint density at radius 1 is 0.960 bits per heavy atom. The molecule has 0 saturated heterocycles. The first-order valence-corrected chi connectivity index (χ1v) is 8.44. The van der Waals surface area contributed by atoms with Crippen LogP contribution in [0.4, 0.5) is 5.69 Å². The van der Waals surface area contributed by atoms with E-state index in [1.54, 1.807) is 0 Å². The lowest BCUT2D eigenvalue weighted by Crippen LogP contribution is -2.31. The molecular formula is C18H24N2O5. The number of nitrogens with one attached hydrogen (secondary N) is 1. The van der Waals surface area contributed by atoms with Gasteiger partial charge < -0.3 is 20.4 Å². The molecule has 0 unspecified atom stereocenters. The van der Waals surface area contributed by atoms with Gasteiger partial charge in [-0.25, -0.2) is 0 Å². The highest BCUT2D eigenvalue weighted by Crippen LogP contribution is 2.30. The molecule has 1 aromatic carbocycles. The van der Waals surface area contributed by atoms with Crippen LogP contribution < -0.4 is 10.2 Å². The molecule has 0 bridgehead atoms. The van der Waals surface area contributed by atoms with E-state index >= 15 is 0 Å². The van der Waals surface area contributed by atoms with Crippen LogP contribution in [-0.4, -0.2) is 48.2 Å². The predicted octanol–water partition coefficient (Wildman–Crippen LogP) is 1.22. The van der Waals surface area contributed by atoms with E-state index in [4.69, 9.17) is 10.2 Å². The molecule has 0 spiro atoms. The minimum Gasteiger partial charge on any atom is -0.481 e. The number of aryl methyl sites for hydroxylation is 1. The van der Waals surface area contributed by atoms with Gasteiger partial charge >= 0.3 is 11.9 Å². The van der Waals surface area contributed by atoms with Gasteiger partial charge in [-0.3, -0.25) is 14.4 Å². The highest BCUT2D eigenvalue weighted by molar-refractivity contribution is 5.96. The first kappa shape index (κ1) is 18.9. The number of hydrogen-bond acceptors (Lipinski definition) is 4. The van der Waals surface area contributed by atoms with Crippen LogP contribution >= 0.6 is 0 Å². The van der Waals surface area contributed by atoms with E-state index < -0.39 is 11.9 Å². The number of carboxylic acids is 2. The lowest BCUT2D eigenvalue weighted by molar-refractivity contribution is -0.143. The van der Waals surface area contributed by atoms with Gasteiger partial charge in [0.05, 0.1) is 12.8 Å². The summed E-state index contributed by atoms with van der Waals surface area (Å²) < 4.78 is 0. The lowest BCUT2D eigenvalue weighted by atomic mass is 9.93. The van der Waals surface area contributed by atoms with Gasteiger partial charge in [-0.15, -0.1) is 0 Å². The second-order valence-corrected chi connectivity index (χ2v) is 6.24. The number of amides is 1. The van der Waals surface area contributed by atoms with Crippen molar-refractivity contribution in [2.24, 2.45) is 0 Å². The smallest absolute Gasteiger partial charge is 0.303 e. The number of anilines is 1. The summed E-state index contributed by atoms with van der Waals surface area (Å²) >= 11 is 0. The molecule has 0 aromatic heterocycles. The van der Waals surface area contributed by atoms with Crippen molar-refractivity contribution >= 4 is 23.5 Å². The van der Waals surface area contributed by atoms with Crippen molar-refractivity contribution < 1.29 is 24.6 Å². The number of nitrogens with zero attached hydrogens (tertiary/aromatic N) is 1. The molecule has 2 heterocycles. The number of carboxylic acid groups (broad SMARTS) is 2. The van der Waals surface area contributed by atoms with Gasteiger partial charge in [-0.1, -0.05) is 6.07 Å². The van der Waals surface area contributed by atoms with Gasteiger partial charge in [0.15, 0.2) is 0 Å². The summed E-state index contributed by atoms with van der Waals surface area (Å²) in [7, 11) is 1.89. The van der Waals surface area contributed by atoms with Gasteiger partial charge in [0.2, 0.25) is 5.91 Å². The van der Waals surface area contributed by atoms with Crippen molar-refractivity contribution in [1.82, 2.24) is 5.32 Å². The third kappa shape index (κ3) is 5.29. The molecule has 7 heteroatoms. The van der Waals surface area contributed by atoms with E-state index in [9.17, 15) is 14.4 Å². The quantitative estimate of drug-likeness (QED) is 0.758. The monoisotopic (exact) mass is 348 g/mol. The first-order chi connectivity index (χ1) is 11.9. The van der Waals surface area contributed by atoms with E-state index in [1.807, 2.05) is 11.9 Å². The molecule has 3 N–H and O–H groups in total. The molecule has 0 radical (unpaired) electrons. The second-order valence-electron chi connectivity index (χ2n) is 6.24. The zero-order valence-electron chi connectivity index (χ0n) is 14.4. The Bertz CT molecular complexity index is 658. The third-order valence-electron chi connectivity index (χ3n) is 4.44. The fourth-order valence-electron chi connectivity index (χ4n) is 3.03. The van der Waals surface area contributed by atoms with Crippen molar-refractivity contribution in [2.45, 2.75) is 38.5 Å². The average Bonchev–Trinajstić information content (AvgIpc) is 2.80. The summed E-state index contributed by atoms with van der Waals surface area (Å²) in [6.45, 7) is 2.12. The number of carbonyl (C=O) groups is 3. The molecule has 0 aliphatic carbocycles. The van der Waals surface area contributed by atoms with Crippen LogP contribution in [0, 0.1) is 0 Å². The van der Waals surface area contributed by atoms with Crippen molar-refractivity contribution in [3.63, 3.8) is 0 Å². The largest absolute Gasteiger partial charge is 0.481 e. The minimum atomic E-state index is -1.08. The number of benzene rings is 1. The normalized spacial score (nSPS) is 16.0. The standard InChI is InChI=1S/C14H18N2O.C4H6O4/c1-16-13-9-11-5-7-15-6-4-10(11)8-12(13)2-3-14(16)17;5-3(6)1-2-4(7)8/h8-9,15H,2-7H2,1H3;1-2H2,(H,5,6)(H,7,8). The summed E-state index contributed by atoms with van der Waals surface area (Å²) in [6, 6.07) is 4.55. The van der Waals surface area contributed by atoms with Crippen molar-refractivity contribution in [3.8, 4) is 0 Å². The summed E-state index contributed by atoms with van der Waals surface area (Å²) in [6.07, 6.45) is 3.15. The van der Waals surface area contributed by atoms with E-state index in [2.05, 4.69) is 17.4 Å². The molecule has 0 saturated carbocycles. The first-order valence-electron chi connectivity index (χ1n) is 8.44. The van der Waals surface area contributed by atoms with Crippen molar-refractivity contribution in [3.05, 3.63) is 28.8 Å². The SMILES string of the molecule is CN1C(=O)CCc2cc3c(cc21)CCNCC3.O=C(O)CCC(=O)O. The van der Waals surface area contributed by atoms with Crippen LogP contribution in [0.15, 0.2) is 12.1 Å². The van der Waals surface area contributed by atoms with Crippen LogP contribution in [0.3, 0.4) is 0 Å². The molecule has 0 atom stereocenters. The van der Waals surface area contributed by atoms with Crippen LogP contribution in [0.25, 0.3) is 0 Å². The Hall–Kier alpha value is -2.41. The second kappa shape index (κ2) is 8.62. The maximum atomic E-state index is 11.7. The molecular weight excluding hydrogens is 324 g/mol. The third-order valence-corrected chi connectivity index (χ3v) is 4.44. The highest BCUT2D eigenvalue weighted by atomic mass is 16.4. The molecule has 7 nitrogen and oxygen atoms in total. The van der Waals surface area contributed by atoms with Crippen molar-refractivity contribution in [1.29, 1.82) is 0 Å². The zero-order chi connectivity index (χ0) is 18.4. The minimum absolute atomic E-state index is 0.240. The lowest BCUT2D eigenvalue weighted by Gasteiger charge is -2.27. The molecule has 25 heavy (non-hydrogen) atoms. The molecule has 2 aliphatic rings. The Kier molecular flexibility index (Phi) is 6.52. The average molecular weight is 348 g/mol. The van der Waals surface area contributed by atoms with Gasteiger partial charge in [0, 0.05) is 19.2 Å². The zero-order valence-corrected chi connectivity index (χ0v) is 14.4. The Morgan fingerprint density at radius 2 is 1.52 bits per heavy atom. The Morgan fingerprint density at radius 3 is 2.08 bits per heavy atom. The number of fused-ring (bicyclic) bond motifs is 2. The maximum Gasteiger partial charge on any atom is 0.303 e. The number of aliphatic carboxylic acids is 2.